The fourth-order valence-corrected chi connectivity index (χ4v) is 6.11. The minimum Gasteiger partial charge on any atom is -0.480 e. The second-order valence-electron chi connectivity index (χ2n) is 12.0. The lowest BCUT2D eigenvalue weighted by Gasteiger charge is -2.40. The molecule has 0 radical (unpaired) electrons. The van der Waals surface area contributed by atoms with Crippen molar-refractivity contribution in [1.29, 1.82) is 0 Å². The van der Waals surface area contributed by atoms with Crippen LogP contribution in [0.15, 0.2) is 0 Å². The number of nitrogens with one attached hydrogen (secondary N) is 2. The molecule has 0 saturated carbocycles. The molecule has 4 unspecified atom stereocenters. The van der Waals surface area contributed by atoms with Crippen molar-refractivity contribution in [3.8, 4) is 0 Å². The molecule has 0 aliphatic carbocycles. The number of nitrogens with zero attached hydrogens (tertiary/aromatic N) is 6. The normalized spacial score (nSPS) is 23.4. The standard InChI is InChI=1S/C28H50N8O12/c1-19-17-33(27(45)46)11-7-29-5-9-31(25(41)42)13-15-35(19)21(23(37)38)3-4-22(24(39)40)36-16-14-32(26(43)44)10-6-30-8-12-34(28(47)48)18-20(36)2/h19-22,29-30H,3-18H2,1-2H3,(H,37,38)(H,39,40)(H,41,42)(H,43,44)(H,45,46)(H,47,48). The van der Waals surface area contributed by atoms with E-state index >= 15 is 0 Å². The number of carboxylic acid groups (broad SMARTS) is 6. The summed E-state index contributed by atoms with van der Waals surface area (Å²) < 4.78 is 0. The molecular weight excluding hydrogens is 640 g/mol. The maximum absolute atomic E-state index is 12.7. The first-order chi connectivity index (χ1) is 22.6. The molecule has 0 bridgehead atoms. The molecule has 4 amide bonds. The summed E-state index contributed by atoms with van der Waals surface area (Å²) in [5, 5.41) is 65.7. The molecular formula is C28H50N8O12. The molecule has 274 valence electrons. The molecule has 0 aromatic heterocycles. The summed E-state index contributed by atoms with van der Waals surface area (Å²) in [5.74, 6) is -2.63. The van der Waals surface area contributed by atoms with Gasteiger partial charge in [-0.2, -0.15) is 0 Å². The zero-order valence-electron chi connectivity index (χ0n) is 27.4. The Morgan fingerprint density at radius 2 is 0.792 bits per heavy atom. The van der Waals surface area contributed by atoms with Crippen LogP contribution < -0.4 is 10.6 Å². The van der Waals surface area contributed by atoms with Crippen LogP contribution >= 0.6 is 0 Å². The van der Waals surface area contributed by atoms with Gasteiger partial charge in [-0.3, -0.25) is 19.4 Å². The quantitative estimate of drug-likeness (QED) is 0.162. The van der Waals surface area contributed by atoms with E-state index in [0.29, 0.717) is 0 Å². The zero-order valence-corrected chi connectivity index (χ0v) is 27.4. The number of rotatable bonds is 7. The van der Waals surface area contributed by atoms with Gasteiger partial charge in [0.1, 0.15) is 12.1 Å². The molecule has 8 N–H and O–H groups in total. The van der Waals surface area contributed by atoms with Crippen LogP contribution in [0.5, 0.6) is 0 Å². The van der Waals surface area contributed by atoms with E-state index in [4.69, 9.17) is 0 Å². The minimum atomic E-state index is -1.34. The Bertz CT molecular complexity index is 1030. The molecule has 2 rings (SSSR count). The van der Waals surface area contributed by atoms with E-state index in [0.717, 1.165) is 19.6 Å². The Hall–Kier alpha value is -4.14. The number of aliphatic carboxylic acids is 2. The zero-order chi connectivity index (χ0) is 36.0. The summed E-state index contributed by atoms with van der Waals surface area (Å²) in [6, 6.07) is -4.09. The van der Waals surface area contributed by atoms with Crippen LogP contribution in [0.4, 0.5) is 19.2 Å². The van der Waals surface area contributed by atoms with Crippen LogP contribution in [0.1, 0.15) is 26.7 Å². The molecule has 20 heteroatoms. The van der Waals surface area contributed by atoms with Crippen molar-refractivity contribution in [1.82, 2.24) is 40.0 Å². The highest BCUT2D eigenvalue weighted by atomic mass is 16.4. The van der Waals surface area contributed by atoms with Crippen LogP contribution in [0, 0.1) is 0 Å². The smallest absolute Gasteiger partial charge is 0.407 e. The minimum absolute atomic E-state index is 0.0725. The third-order valence-electron chi connectivity index (χ3n) is 8.76. The first-order valence-corrected chi connectivity index (χ1v) is 15.9. The van der Waals surface area contributed by atoms with Crippen molar-refractivity contribution < 1.29 is 59.4 Å². The predicted molar refractivity (Wildman–Crippen MR) is 169 cm³/mol. The van der Waals surface area contributed by atoms with Crippen LogP contribution in [-0.4, -0.2) is 212 Å². The topological polar surface area (TPSA) is 267 Å². The number of hydrogen-bond acceptors (Lipinski definition) is 10. The second kappa shape index (κ2) is 19.6. The van der Waals surface area contributed by atoms with Gasteiger partial charge >= 0.3 is 36.3 Å². The van der Waals surface area contributed by atoms with Gasteiger partial charge in [0, 0.05) is 104 Å². The lowest BCUT2D eigenvalue weighted by molar-refractivity contribution is -0.148. The molecule has 2 aliphatic heterocycles. The van der Waals surface area contributed by atoms with Gasteiger partial charge in [0.25, 0.3) is 0 Å². The Kier molecular flexibility index (Phi) is 16.4. The number of carbonyl (C=O) groups is 6. The van der Waals surface area contributed by atoms with E-state index in [-0.39, 0.29) is 104 Å². The van der Waals surface area contributed by atoms with Crippen LogP contribution in [0.3, 0.4) is 0 Å². The SMILES string of the molecule is CC1CN(C(=O)O)CCNCCN(C(=O)O)CCN1C(CCC(C(=O)O)N1CCN(C(=O)O)CCNCCN(C(=O)O)CC1C)C(=O)O. The van der Waals surface area contributed by atoms with Gasteiger partial charge < -0.3 is 60.9 Å². The summed E-state index contributed by atoms with van der Waals surface area (Å²) in [4.78, 5) is 80.7. The van der Waals surface area contributed by atoms with Gasteiger partial charge in [-0.15, -0.1) is 0 Å². The van der Waals surface area contributed by atoms with Crippen molar-refractivity contribution in [3.63, 3.8) is 0 Å². The summed E-state index contributed by atoms with van der Waals surface area (Å²) in [6.07, 6.45) is -5.32. The van der Waals surface area contributed by atoms with Gasteiger partial charge in [-0.1, -0.05) is 0 Å². The average molecular weight is 691 g/mol. The highest BCUT2D eigenvalue weighted by Crippen LogP contribution is 2.20. The predicted octanol–water partition coefficient (Wildman–Crippen LogP) is -0.820. The number of hydrogen-bond donors (Lipinski definition) is 8. The monoisotopic (exact) mass is 690 g/mol. The van der Waals surface area contributed by atoms with Gasteiger partial charge in [0.2, 0.25) is 0 Å². The fraction of sp³-hybridized carbons (Fsp3) is 0.786. The molecule has 2 saturated heterocycles. The Morgan fingerprint density at radius 1 is 0.500 bits per heavy atom. The molecule has 48 heavy (non-hydrogen) atoms. The maximum Gasteiger partial charge on any atom is 0.407 e. The van der Waals surface area contributed by atoms with Gasteiger partial charge in [0.15, 0.2) is 0 Å². The average Bonchev–Trinajstić information content (AvgIpc) is 2.98. The summed E-state index contributed by atoms with van der Waals surface area (Å²) >= 11 is 0. The van der Waals surface area contributed by atoms with E-state index in [1.807, 2.05) is 0 Å². The van der Waals surface area contributed by atoms with Crippen LogP contribution in [0.2, 0.25) is 0 Å². The van der Waals surface area contributed by atoms with Crippen LogP contribution in [0.25, 0.3) is 0 Å². The van der Waals surface area contributed by atoms with Crippen molar-refractivity contribution in [3.05, 3.63) is 0 Å². The van der Waals surface area contributed by atoms with E-state index in [2.05, 4.69) is 10.6 Å². The molecule has 2 aliphatic rings. The maximum atomic E-state index is 12.7. The molecule has 0 aromatic rings. The van der Waals surface area contributed by atoms with E-state index in [1.165, 1.54) is 9.80 Å². The van der Waals surface area contributed by atoms with Crippen molar-refractivity contribution in [2.75, 3.05) is 91.6 Å². The third kappa shape index (κ3) is 12.5. The van der Waals surface area contributed by atoms with Crippen LogP contribution in [-0.2, 0) is 9.59 Å². The Labute approximate surface area is 278 Å². The van der Waals surface area contributed by atoms with Gasteiger partial charge in [-0.05, 0) is 26.7 Å². The van der Waals surface area contributed by atoms with Gasteiger partial charge in [0.05, 0.1) is 0 Å². The lowest BCUT2D eigenvalue weighted by atomic mass is 10.0. The van der Waals surface area contributed by atoms with E-state index in [1.54, 1.807) is 13.8 Å². The summed E-state index contributed by atoms with van der Waals surface area (Å²) in [7, 11) is 0. The first-order valence-electron chi connectivity index (χ1n) is 15.9. The summed E-state index contributed by atoms with van der Waals surface area (Å²) in [6.45, 7) is 4.02. The molecule has 0 spiro atoms. The highest BCUT2D eigenvalue weighted by Gasteiger charge is 2.37. The van der Waals surface area contributed by atoms with E-state index < -0.39 is 60.5 Å². The Balaban J connectivity index is 2.42. The van der Waals surface area contributed by atoms with Gasteiger partial charge in [-0.25, -0.2) is 19.2 Å². The first kappa shape index (κ1) is 40.0. The van der Waals surface area contributed by atoms with Crippen molar-refractivity contribution >= 4 is 36.3 Å². The molecule has 2 fully saturated rings. The van der Waals surface area contributed by atoms with Crippen molar-refractivity contribution in [2.45, 2.75) is 50.9 Å². The van der Waals surface area contributed by atoms with E-state index in [9.17, 15) is 59.4 Å². The number of amides is 4. The highest BCUT2D eigenvalue weighted by molar-refractivity contribution is 5.75. The van der Waals surface area contributed by atoms with Crippen molar-refractivity contribution in [2.24, 2.45) is 0 Å². The molecule has 4 atom stereocenters. The Morgan fingerprint density at radius 3 is 1.06 bits per heavy atom. The lowest BCUT2D eigenvalue weighted by Crippen LogP contribution is -2.57. The third-order valence-corrected chi connectivity index (χ3v) is 8.76. The molecule has 2 heterocycles. The summed E-state index contributed by atoms with van der Waals surface area (Å²) in [5.41, 5.74) is 0. The number of carboxylic acids is 2. The fourth-order valence-electron chi connectivity index (χ4n) is 6.11. The second-order valence-corrected chi connectivity index (χ2v) is 12.0. The molecule has 0 aromatic carbocycles. The largest absolute Gasteiger partial charge is 0.480 e. The molecule has 20 nitrogen and oxygen atoms in total.